The minimum Gasteiger partial charge on any atom is -0.494 e. The zero-order valence-electron chi connectivity index (χ0n) is 10.9. The van der Waals surface area contributed by atoms with Crippen molar-refractivity contribution >= 4 is 18.3 Å². The quantitative estimate of drug-likeness (QED) is 0.717. The normalized spacial score (nSPS) is 9.58. The number of carbonyl (C=O) groups is 1. The Labute approximate surface area is 119 Å². The van der Waals surface area contributed by atoms with E-state index in [2.05, 4.69) is 10.6 Å². The van der Waals surface area contributed by atoms with Crippen LogP contribution < -0.4 is 15.4 Å². The fourth-order valence-corrected chi connectivity index (χ4v) is 1.37. The summed E-state index contributed by atoms with van der Waals surface area (Å²) in [6.45, 7) is 1.84. The molecule has 6 heteroatoms. The van der Waals surface area contributed by atoms with Gasteiger partial charge >= 0.3 is 0 Å². The van der Waals surface area contributed by atoms with Gasteiger partial charge in [-0.05, 0) is 37.7 Å². The summed E-state index contributed by atoms with van der Waals surface area (Å²) in [5, 5.41) is 5.73. The molecule has 0 saturated carbocycles. The van der Waals surface area contributed by atoms with Gasteiger partial charge in [-0.25, -0.2) is 4.39 Å². The Hall–Kier alpha value is -1.33. The molecule has 0 heterocycles. The number of benzene rings is 1. The van der Waals surface area contributed by atoms with Crippen LogP contribution in [0, 0.1) is 5.82 Å². The van der Waals surface area contributed by atoms with Crippen LogP contribution in [-0.4, -0.2) is 32.7 Å². The number of rotatable bonds is 8. The zero-order chi connectivity index (χ0) is 13.2. The molecule has 1 amide bonds. The molecular formula is C13H20ClFN2O2. The van der Waals surface area contributed by atoms with E-state index in [1.807, 2.05) is 7.05 Å². The van der Waals surface area contributed by atoms with Crippen LogP contribution in [0.2, 0.25) is 0 Å². The lowest BCUT2D eigenvalue weighted by atomic mass is 10.3. The maximum atomic E-state index is 12.6. The van der Waals surface area contributed by atoms with Crippen LogP contribution in [0.4, 0.5) is 4.39 Å². The first-order chi connectivity index (χ1) is 8.72. The maximum absolute atomic E-state index is 12.6. The third-order valence-corrected chi connectivity index (χ3v) is 2.33. The number of nitrogens with one attached hydrogen (secondary N) is 2. The van der Waals surface area contributed by atoms with Crippen LogP contribution in [-0.2, 0) is 4.79 Å². The first-order valence-electron chi connectivity index (χ1n) is 6.02. The number of ether oxygens (including phenoxy) is 1. The van der Waals surface area contributed by atoms with E-state index in [-0.39, 0.29) is 24.1 Å². The van der Waals surface area contributed by atoms with E-state index >= 15 is 0 Å². The molecule has 19 heavy (non-hydrogen) atoms. The van der Waals surface area contributed by atoms with E-state index in [9.17, 15) is 9.18 Å². The van der Waals surface area contributed by atoms with Gasteiger partial charge in [0.1, 0.15) is 11.6 Å². The molecule has 0 bridgehead atoms. The SMILES string of the molecule is CNCCNC(=O)CCCOc1ccc(F)cc1.Cl. The van der Waals surface area contributed by atoms with Crippen molar-refractivity contribution < 1.29 is 13.9 Å². The number of hydrogen-bond acceptors (Lipinski definition) is 3. The topological polar surface area (TPSA) is 50.4 Å². The number of likely N-dealkylation sites (N-methyl/N-ethyl adjacent to an activating group) is 1. The van der Waals surface area contributed by atoms with Crippen LogP contribution in [0.5, 0.6) is 5.75 Å². The Bertz CT molecular complexity index is 360. The third kappa shape index (κ3) is 8.40. The zero-order valence-corrected chi connectivity index (χ0v) is 11.8. The second kappa shape index (κ2) is 10.6. The molecule has 4 nitrogen and oxygen atoms in total. The highest BCUT2D eigenvalue weighted by Crippen LogP contribution is 2.11. The maximum Gasteiger partial charge on any atom is 0.220 e. The Morgan fingerprint density at radius 2 is 1.95 bits per heavy atom. The highest BCUT2D eigenvalue weighted by molar-refractivity contribution is 5.85. The molecule has 108 valence electrons. The molecular weight excluding hydrogens is 271 g/mol. The van der Waals surface area contributed by atoms with Gasteiger partial charge in [-0.1, -0.05) is 0 Å². The second-order valence-electron chi connectivity index (χ2n) is 3.86. The fourth-order valence-electron chi connectivity index (χ4n) is 1.37. The van der Waals surface area contributed by atoms with Gasteiger partial charge in [0.25, 0.3) is 0 Å². The van der Waals surface area contributed by atoms with Crippen LogP contribution in [0.3, 0.4) is 0 Å². The molecule has 1 rings (SSSR count). The number of carbonyl (C=O) groups excluding carboxylic acids is 1. The van der Waals surface area contributed by atoms with E-state index < -0.39 is 0 Å². The summed E-state index contributed by atoms with van der Waals surface area (Å²) < 4.78 is 18.0. The lowest BCUT2D eigenvalue weighted by Gasteiger charge is -2.06. The molecule has 0 aliphatic heterocycles. The van der Waals surface area contributed by atoms with Crippen molar-refractivity contribution in [1.29, 1.82) is 0 Å². The largest absolute Gasteiger partial charge is 0.494 e. The Morgan fingerprint density at radius 1 is 1.26 bits per heavy atom. The van der Waals surface area contributed by atoms with E-state index in [0.717, 1.165) is 6.54 Å². The average Bonchev–Trinajstić information content (AvgIpc) is 2.37. The summed E-state index contributed by atoms with van der Waals surface area (Å²) in [5.41, 5.74) is 0. The molecule has 0 radical (unpaired) electrons. The highest BCUT2D eigenvalue weighted by atomic mass is 35.5. The molecule has 0 unspecified atom stereocenters. The lowest BCUT2D eigenvalue weighted by Crippen LogP contribution is -2.30. The first kappa shape index (κ1) is 17.7. The standard InChI is InChI=1S/C13H19FN2O2.ClH/c1-15-8-9-16-13(17)3-2-10-18-12-6-4-11(14)5-7-12;/h4-7,15H,2-3,8-10H2,1H3,(H,16,17);1H. The van der Waals surface area contributed by atoms with Gasteiger partial charge in [0.2, 0.25) is 5.91 Å². The molecule has 0 aromatic heterocycles. The van der Waals surface area contributed by atoms with Crippen LogP contribution in [0.1, 0.15) is 12.8 Å². The average molecular weight is 291 g/mol. The third-order valence-electron chi connectivity index (χ3n) is 2.33. The summed E-state index contributed by atoms with van der Waals surface area (Å²) in [6, 6.07) is 5.84. The Morgan fingerprint density at radius 3 is 2.58 bits per heavy atom. The summed E-state index contributed by atoms with van der Waals surface area (Å²) in [7, 11) is 1.84. The Balaban J connectivity index is 0.00000324. The number of halogens is 2. The van der Waals surface area contributed by atoms with Gasteiger partial charge in [0.05, 0.1) is 6.61 Å². The van der Waals surface area contributed by atoms with Gasteiger partial charge in [0.15, 0.2) is 0 Å². The summed E-state index contributed by atoms with van der Waals surface area (Å²) in [6.07, 6.45) is 1.08. The summed E-state index contributed by atoms with van der Waals surface area (Å²) in [4.78, 5) is 11.3. The van der Waals surface area contributed by atoms with Gasteiger partial charge in [0, 0.05) is 19.5 Å². The van der Waals surface area contributed by atoms with Crippen LogP contribution in [0.25, 0.3) is 0 Å². The highest BCUT2D eigenvalue weighted by Gasteiger charge is 2.00. The molecule has 2 N–H and O–H groups in total. The van der Waals surface area contributed by atoms with Gasteiger partial charge in [-0.3, -0.25) is 4.79 Å². The summed E-state index contributed by atoms with van der Waals surface area (Å²) >= 11 is 0. The molecule has 0 fully saturated rings. The van der Waals surface area contributed by atoms with E-state index in [0.29, 0.717) is 31.7 Å². The molecule has 1 aromatic rings. The van der Waals surface area contributed by atoms with Crippen molar-refractivity contribution in [2.24, 2.45) is 0 Å². The Kier molecular flexibility index (Phi) is 9.84. The predicted octanol–water partition coefficient (Wildman–Crippen LogP) is 1.74. The molecule has 0 spiro atoms. The summed E-state index contributed by atoms with van der Waals surface area (Å²) in [5.74, 6) is 0.353. The van der Waals surface area contributed by atoms with Crippen molar-refractivity contribution in [3.8, 4) is 5.75 Å². The van der Waals surface area contributed by atoms with Crippen LogP contribution in [0.15, 0.2) is 24.3 Å². The predicted molar refractivity (Wildman–Crippen MR) is 75.3 cm³/mol. The van der Waals surface area contributed by atoms with Gasteiger partial charge < -0.3 is 15.4 Å². The van der Waals surface area contributed by atoms with Crippen molar-refractivity contribution in [2.45, 2.75) is 12.8 Å². The van der Waals surface area contributed by atoms with Crippen molar-refractivity contribution in [1.82, 2.24) is 10.6 Å². The fraction of sp³-hybridized carbons (Fsp3) is 0.462. The first-order valence-corrected chi connectivity index (χ1v) is 6.02. The van der Waals surface area contributed by atoms with E-state index in [4.69, 9.17) is 4.74 Å². The molecule has 0 aliphatic carbocycles. The van der Waals surface area contributed by atoms with Crippen molar-refractivity contribution in [3.05, 3.63) is 30.1 Å². The molecule has 0 atom stereocenters. The lowest BCUT2D eigenvalue weighted by molar-refractivity contribution is -0.121. The minimum atomic E-state index is -0.286. The minimum absolute atomic E-state index is 0. The molecule has 0 aliphatic rings. The van der Waals surface area contributed by atoms with Crippen molar-refractivity contribution in [2.75, 3.05) is 26.7 Å². The second-order valence-corrected chi connectivity index (χ2v) is 3.86. The van der Waals surface area contributed by atoms with Gasteiger partial charge in [-0.15, -0.1) is 12.4 Å². The number of hydrogen-bond donors (Lipinski definition) is 2. The monoisotopic (exact) mass is 290 g/mol. The van der Waals surface area contributed by atoms with E-state index in [1.54, 1.807) is 12.1 Å². The van der Waals surface area contributed by atoms with Crippen LogP contribution >= 0.6 is 12.4 Å². The van der Waals surface area contributed by atoms with E-state index in [1.165, 1.54) is 12.1 Å². The van der Waals surface area contributed by atoms with Gasteiger partial charge in [-0.2, -0.15) is 0 Å². The van der Waals surface area contributed by atoms with Crippen molar-refractivity contribution in [3.63, 3.8) is 0 Å². The molecule has 1 aromatic carbocycles. The molecule has 0 saturated heterocycles. The number of amides is 1. The smallest absolute Gasteiger partial charge is 0.220 e.